The topological polar surface area (TPSA) is 20.2 Å². The number of aromatic hydroxyl groups is 1. The monoisotopic (exact) mass is 240 g/mol. The smallest absolute Gasteiger partial charge is 0.115 e. The summed E-state index contributed by atoms with van der Waals surface area (Å²) in [5.74, 6) is 0.315. The summed E-state index contributed by atoms with van der Waals surface area (Å²) in [5.41, 5.74) is 5.17. The van der Waals surface area contributed by atoms with Crippen molar-refractivity contribution in [1.82, 2.24) is 0 Å². The molecular formula is C17H20O. The van der Waals surface area contributed by atoms with Gasteiger partial charge in [-0.15, -0.1) is 0 Å². The van der Waals surface area contributed by atoms with Gasteiger partial charge < -0.3 is 5.11 Å². The van der Waals surface area contributed by atoms with Gasteiger partial charge in [0.05, 0.1) is 0 Å². The lowest BCUT2D eigenvalue weighted by Crippen LogP contribution is -1.90. The highest BCUT2D eigenvalue weighted by Gasteiger charge is 2.02. The van der Waals surface area contributed by atoms with Crippen LogP contribution in [0, 0.1) is 6.92 Å². The number of hydrogen-bond acceptors (Lipinski definition) is 1. The molecule has 0 saturated heterocycles. The van der Waals surface area contributed by atoms with Crippen LogP contribution in [0.5, 0.6) is 5.75 Å². The Labute approximate surface area is 109 Å². The van der Waals surface area contributed by atoms with Gasteiger partial charge in [0.2, 0.25) is 0 Å². The minimum atomic E-state index is 0.315. The summed E-state index contributed by atoms with van der Waals surface area (Å²) in [6.07, 6.45) is 3.65. The molecule has 0 aliphatic rings. The van der Waals surface area contributed by atoms with Crippen LogP contribution < -0.4 is 0 Å². The first kappa shape index (κ1) is 12.7. The molecule has 0 amide bonds. The zero-order valence-corrected chi connectivity index (χ0v) is 11.1. The Morgan fingerprint density at radius 1 is 0.944 bits per heavy atom. The highest BCUT2D eigenvalue weighted by Crippen LogP contribution is 2.24. The Balaban J connectivity index is 2.25. The van der Waals surface area contributed by atoms with E-state index in [9.17, 15) is 5.11 Å². The van der Waals surface area contributed by atoms with E-state index in [1.54, 1.807) is 12.1 Å². The molecule has 0 unspecified atom stereocenters. The van der Waals surface area contributed by atoms with Crippen molar-refractivity contribution < 1.29 is 5.11 Å². The number of benzene rings is 2. The fraction of sp³-hybridized carbons (Fsp3) is 0.294. The van der Waals surface area contributed by atoms with E-state index in [0.29, 0.717) is 5.75 Å². The number of unbranched alkanes of at least 4 members (excludes halogenated alkanes) is 1. The highest BCUT2D eigenvalue weighted by molar-refractivity contribution is 5.65. The number of phenols is 1. The zero-order chi connectivity index (χ0) is 13.0. The molecule has 2 rings (SSSR count). The third-order valence-corrected chi connectivity index (χ3v) is 3.34. The second-order valence-electron chi connectivity index (χ2n) is 4.79. The van der Waals surface area contributed by atoms with Crippen molar-refractivity contribution in [3.63, 3.8) is 0 Å². The molecule has 0 heterocycles. The molecule has 0 saturated carbocycles. The largest absolute Gasteiger partial charge is 0.508 e. The summed E-state index contributed by atoms with van der Waals surface area (Å²) < 4.78 is 0. The standard InChI is InChI=1S/C17H20O/c1-3-4-5-14-6-7-16(12-13(14)2)15-8-10-17(18)11-9-15/h6-12,18H,3-5H2,1-2H3. The molecule has 0 bridgehead atoms. The van der Waals surface area contributed by atoms with Crippen LogP contribution in [0.25, 0.3) is 11.1 Å². The SMILES string of the molecule is CCCCc1ccc(-c2ccc(O)cc2)cc1C. The average Bonchev–Trinajstić information content (AvgIpc) is 2.38. The first-order chi connectivity index (χ1) is 8.70. The Hall–Kier alpha value is -1.76. The van der Waals surface area contributed by atoms with Gasteiger partial charge in [-0.05, 0) is 54.2 Å². The Bertz CT molecular complexity index is 512. The molecule has 0 aliphatic heterocycles. The van der Waals surface area contributed by atoms with E-state index < -0.39 is 0 Å². The Kier molecular flexibility index (Phi) is 4.03. The minimum Gasteiger partial charge on any atom is -0.508 e. The van der Waals surface area contributed by atoms with Crippen molar-refractivity contribution in [2.75, 3.05) is 0 Å². The van der Waals surface area contributed by atoms with Gasteiger partial charge in [-0.25, -0.2) is 0 Å². The van der Waals surface area contributed by atoms with Crippen LogP contribution >= 0.6 is 0 Å². The Morgan fingerprint density at radius 3 is 2.22 bits per heavy atom. The fourth-order valence-corrected chi connectivity index (χ4v) is 2.18. The molecule has 0 spiro atoms. The molecule has 94 valence electrons. The summed E-state index contributed by atoms with van der Waals surface area (Å²) in [4.78, 5) is 0. The molecule has 2 aromatic rings. The molecule has 0 fully saturated rings. The van der Waals surface area contributed by atoms with Crippen LogP contribution in [0.3, 0.4) is 0 Å². The summed E-state index contributed by atoms with van der Waals surface area (Å²) in [5, 5.41) is 9.30. The van der Waals surface area contributed by atoms with Crippen LogP contribution in [-0.4, -0.2) is 5.11 Å². The van der Waals surface area contributed by atoms with Gasteiger partial charge >= 0.3 is 0 Å². The number of rotatable bonds is 4. The number of aryl methyl sites for hydroxylation is 2. The van der Waals surface area contributed by atoms with Gasteiger partial charge in [0.1, 0.15) is 5.75 Å². The van der Waals surface area contributed by atoms with E-state index in [2.05, 4.69) is 32.0 Å². The van der Waals surface area contributed by atoms with Crippen molar-refractivity contribution in [2.45, 2.75) is 33.1 Å². The van der Waals surface area contributed by atoms with Crippen molar-refractivity contribution in [3.05, 3.63) is 53.6 Å². The van der Waals surface area contributed by atoms with Gasteiger partial charge in [-0.3, -0.25) is 0 Å². The normalized spacial score (nSPS) is 10.6. The third-order valence-electron chi connectivity index (χ3n) is 3.34. The van der Waals surface area contributed by atoms with Gasteiger partial charge in [0.15, 0.2) is 0 Å². The lowest BCUT2D eigenvalue weighted by Gasteiger charge is -2.08. The molecule has 0 atom stereocenters. The quantitative estimate of drug-likeness (QED) is 0.820. The van der Waals surface area contributed by atoms with Crippen LogP contribution in [0.4, 0.5) is 0 Å². The molecule has 1 nitrogen and oxygen atoms in total. The lowest BCUT2D eigenvalue weighted by molar-refractivity contribution is 0.475. The first-order valence-corrected chi connectivity index (χ1v) is 6.59. The molecule has 0 radical (unpaired) electrons. The molecule has 18 heavy (non-hydrogen) atoms. The van der Waals surface area contributed by atoms with Gasteiger partial charge in [-0.2, -0.15) is 0 Å². The first-order valence-electron chi connectivity index (χ1n) is 6.59. The Morgan fingerprint density at radius 2 is 1.61 bits per heavy atom. The average molecular weight is 240 g/mol. The predicted octanol–water partition coefficient (Wildman–Crippen LogP) is 4.71. The number of phenolic OH excluding ortho intramolecular Hbond substituents is 1. The summed E-state index contributed by atoms with van der Waals surface area (Å²) >= 11 is 0. The van der Waals surface area contributed by atoms with Crippen LogP contribution in [0.2, 0.25) is 0 Å². The van der Waals surface area contributed by atoms with E-state index in [0.717, 1.165) is 12.0 Å². The maximum Gasteiger partial charge on any atom is 0.115 e. The van der Waals surface area contributed by atoms with Crippen molar-refractivity contribution in [1.29, 1.82) is 0 Å². The van der Waals surface area contributed by atoms with Crippen LogP contribution in [0.15, 0.2) is 42.5 Å². The predicted molar refractivity (Wildman–Crippen MR) is 76.9 cm³/mol. The second kappa shape index (κ2) is 5.72. The van der Waals surface area contributed by atoms with E-state index in [4.69, 9.17) is 0 Å². The summed E-state index contributed by atoms with van der Waals surface area (Å²) in [7, 11) is 0. The third kappa shape index (κ3) is 2.92. The van der Waals surface area contributed by atoms with E-state index in [-0.39, 0.29) is 0 Å². The molecule has 0 aromatic heterocycles. The fourth-order valence-electron chi connectivity index (χ4n) is 2.18. The maximum atomic E-state index is 9.30. The van der Waals surface area contributed by atoms with E-state index in [1.807, 2.05) is 12.1 Å². The van der Waals surface area contributed by atoms with Crippen LogP contribution in [0.1, 0.15) is 30.9 Å². The van der Waals surface area contributed by atoms with Crippen LogP contribution in [-0.2, 0) is 6.42 Å². The lowest BCUT2D eigenvalue weighted by atomic mass is 9.97. The zero-order valence-electron chi connectivity index (χ0n) is 11.1. The second-order valence-corrected chi connectivity index (χ2v) is 4.79. The summed E-state index contributed by atoms with van der Waals surface area (Å²) in [6, 6.07) is 14.0. The van der Waals surface area contributed by atoms with Crippen molar-refractivity contribution >= 4 is 0 Å². The van der Waals surface area contributed by atoms with Crippen molar-refractivity contribution in [2.24, 2.45) is 0 Å². The molecular weight excluding hydrogens is 220 g/mol. The van der Waals surface area contributed by atoms with Gasteiger partial charge in [0, 0.05) is 0 Å². The molecule has 2 aromatic carbocycles. The van der Waals surface area contributed by atoms with Gasteiger partial charge in [0.25, 0.3) is 0 Å². The highest BCUT2D eigenvalue weighted by atomic mass is 16.3. The summed E-state index contributed by atoms with van der Waals surface area (Å²) in [6.45, 7) is 4.40. The minimum absolute atomic E-state index is 0.315. The van der Waals surface area contributed by atoms with E-state index in [1.165, 1.54) is 29.5 Å². The maximum absolute atomic E-state index is 9.30. The number of hydrogen-bond donors (Lipinski definition) is 1. The van der Waals surface area contributed by atoms with E-state index >= 15 is 0 Å². The molecule has 1 N–H and O–H groups in total. The molecule has 1 heteroatoms. The van der Waals surface area contributed by atoms with Crippen molar-refractivity contribution in [3.8, 4) is 16.9 Å². The van der Waals surface area contributed by atoms with Gasteiger partial charge in [-0.1, -0.05) is 43.7 Å². The molecule has 0 aliphatic carbocycles.